The minimum absolute atomic E-state index is 0.201. The lowest BCUT2D eigenvalue weighted by Crippen LogP contribution is -2.25. The van der Waals surface area contributed by atoms with Crippen LogP contribution in [0.1, 0.15) is 16.2 Å². The van der Waals surface area contributed by atoms with Gasteiger partial charge in [-0.2, -0.15) is 0 Å². The number of rotatable bonds is 2. The van der Waals surface area contributed by atoms with E-state index >= 15 is 0 Å². The van der Waals surface area contributed by atoms with Gasteiger partial charge >= 0.3 is 0 Å². The average Bonchev–Trinajstić information content (AvgIpc) is 2.99. The molecule has 0 aliphatic carbocycles. The molecule has 2 aromatic heterocycles. The van der Waals surface area contributed by atoms with Crippen LogP contribution in [0.15, 0.2) is 29.1 Å². The number of hydrogen-bond acceptors (Lipinski definition) is 6. The highest BCUT2D eigenvalue weighted by molar-refractivity contribution is 6.10. The van der Waals surface area contributed by atoms with Crippen LogP contribution >= 0.6 is 0 Å². The molecule has 2 N–H and O–H groups in total. The van der Waals surface area contributed by atoms with Gasteiger partial charge in [0.2, 0.25) is 11.6 Å². The number of tetrazole rings is 1. The standard InChI is InChI=1S/C12H9N5O3/c1-17-7-5-3-2-4-6(7)9(18)8(12(17)20)10(19)11-13-15-16-14-11/h2-5,18H,1H3,(H,13,14,15,16). The molecule has 0 spiro atoms. The van der Waals surface area contributed by atoms with Crippen molar-refractivity contribution in [2.45, 2.75) is 0 Å². The summed E-state index contributed by atoms with van der Waals surface area (Å²) in [7, 11) is 1.53. The molecule has 100 valence electrons. The summed E-state index contributed by atoms with van der Waals surface area (Å²) in [5.41, 5.74) is -0.436. The molecular formula is C12H9N5O3. The number of pyridine rings is 1. The fraction of sp³-hybridized carbons (Fsp3) is 0.0833. The van der Waals surface area contributed by atoms with Crippen LogP contribution in [0.3, 0.4) is 0 Å². The van der Waals surface area contributed by atoms with E-state index in [2.05, 4.69) is 20.6 Å². The van der Waals surface area contributed by atoms with E-state index in [9.17, 15) is 14.7 Å². The molecule has 0 aliphatic heterocycles. The lowest BCUT2D eigenvalue weighted by atomic mass is 10.1. The average molecular weight is 271 g/mol. The third-order valence-corrected chi connectivity index (χ3v) is 3.06. The van der Waals surface area contributed by atoms with E-state index in [0.717, 1.165) is 0 Å². The molecule has 0 fully saturated rings. The monoisotopic (exact) mass is 271 g/mol. The van der Waals surface area contributed by atoms with Crippen LogP contribution < -0.4 is 5.56 Å². The number of aromatic nitrogens is 5. The van der Waals surface area contributed by atoms with Gasteiger partial charge in [-0.3, -0.25) is 9.59 Å². The lowest BCUT2D eigenvalue weighted by Gasteiger charge is -2.09. The zero-order valence-corrected chi connectivity index (χ0v) is 10.4. The van der Waals surface area contributed by atoms with Gasteiger partial charge in [0, 0.05) is 12.4 Å². The third kappa shape index (κ3) is 1.58. The Balaban J connectivity index is 2.37. The molecule has 0 atom stereocenters. The summed E-state index contributed by atoms with van der Waals surface area (Å²) in [6, 6.07) is 6.75. The summed E-state index contributed by atoms with van der Waals surface area (Å²) in [5.74, 6) is -1.32. The van der Waals surface area contributed by atoms with Crippen LogP contribution in [0.25, 0.3) is 10.9 Å². The van der Waals surface area contributed by atoms with Gasteiger partial charge in [-0.15, -0.1) is 5.10 Å². The topological polar surface area (TPSA) is 114 Å². The molecule has 0 aliphatic rings. The van der Waals surface area contributed by atoms with Gasteiger partial charge in [-0.05, 0) is 22.6 Å². The molecule has 8 nitrogen and oxygen atoms in total. The van der Waals surface area contributed by atoms with Gasteiger partial charge in [0.15, 0.2) is 0 Å². The summed E-state index contributed by atoms with van der Waals surface area (Å²) in [5, 5.41) is 22.9. The van der Waals surface area contributed by atoms with E-state index in [0.29, 0.717) is 10.9 Å². The number of aryl methyl sites for hydroxylation is 1. The highest BCUT2D eigenvalue weighted by Gasteiger charge is 2.24. The van der Waals surface area contributed by atoms with Crippen molar-refractivity contribution in [1.29, 1.82) is 0 Å². The Bertz CT molecular complexity index is 867. The van der Waals surface area contributed by atoms with E-state index < -0.39 is 11.3 Å². The second-order valence-corrected chi connectivity index (χ2v) is 4.18. The van der Waals surface area contributed by atoms with E-state index in [-0.39, 0.29) is 17.1 Å². The fourth-order valence-electron chi connectivity index (χ4n) is 2.06. The number of H-pyrrole nitrogens is 1. The molecule has 20 heavy (non-hydrogen) atoms. The molecule has 0 saturated heterocycles. The number of benzene rings is 1. The van der Waals surface area contributed by atoms with Gasteiger partial charge in [0.25, 0.3) is 5.56 Å². The zero-order valence-electron chi connectivity index (χ0n) is 10.4. The first-order valence-electron chi connectivity index (χ1n) is 5.70. The SMILES string of the molecule is Cn1c(=O)c(C(=O)c2nnn[nH]2)c(O)c2ccccc21. The number of nitrogens with zero attached hydrogens (tertiary/aromatic N) is 4. The van der Waals surface area contributed by atoms with Gasteiger partial charge in [-0.1, -0.05) is 12.1 Å². The molecule has 8 heteroatoms. The molecule has 0 amide bonds. The molecule has 0 radical (unpaired) electrons. The Labute approximate surface area is 111 Å². The number of carbonyl (C=O) groups is 1. The van der Waals surface area contributed by atoms with Crippen LogP contribution in [0.2, 0.25) is 0 Å². The van der Waals surface area contributed by atoms with Crippen molar-refractivity contribution >= 4 is 16.7 Å². The number of carbonyl (C=O) groups excluding carboxylic acids is 1. The predicted molar refractivity (Wildman–Crippen MR) is 68.5 cm³/mol. The quantitative estimate of drug-likeness (QED) is 0.633. The van der Waals surface area contributed by atoms with Gasteiger partial charge < -0.3 is 9.67 Å². The van der Waals surface area contributed by atoms with Crippen LogP contribution in [-0.2, 0) is 7.05 Å². The third-order valence-electron chi connectivity index (χ3n) is 3.06. The van der Waals surface area contributed by atoms with Gasteiger partial charge in [-0.25, -0.2) is 5.10 Å². The van der Waals surface area contributed by atoms with E-state index in [1.807, 2.05) is 0 Å². The second-order valence-electron chi connectivity index (χ2n) is 4.18. The number of fused-ring (bicyclic) bond motifs is 1. The largest absolute Gasteiger partial charge is 0.506 e. The normalized spacial score (nSPS) is 10.8. The van der Waals surface area contributed by atoms with E-state index in [1.54, 1.807) is 24.3 Å². The van der Waals surface area contributed by atoms with Crippen molar-refractivity contribution in [2.24, 2.45) is 7.05 Å². The minimum Gasteiger partial charge on any atom is -0.506 e. The molecule has 2 heterocycles. The first-order chi connectivity index (χ1) is 9.61. The number of aromatic hydroxyl groups is 1. The Morgan fingerprint density at radius 3 is 2.80 bits per heavy atom. The maximum Gasteiger partial charge on any atom is 0.265 e. The number of ketones is 1. The van der Waals surface area contributed by atoms with E-state index in [1.165, 1.54) is 11.6 Å². The molecule has 0 unspecified atom stereocenters. The first-order valence-corrected chi connectivity index (χ1v) is 5.70. The van der Waals surface area contributed by atoms with Gasteiger partial charge in [0.1, 0.15) is 11.3 Å². The maximum absolute atomic E-state index is 12.2. The summed E-state index contributed by atoms with van der Waals surface area (Å²) >= 11 is 0. The van der Waals surface area contributed by atoms with Crippen molar-refractivity contribution in [2.75, 3.05) is 0 Å². The highest BCUT2D eigenvalue weighted by atomic mass is 16.3. The number of nitrogens with one attached hydrogen (secondary N) is 1. The second kappa shape index (κ2) is 4.26. The Morgan fingerprint density at radius 1 is 1.35 bits per heavy atom. The molecule has 3 rings (SSSR count). The van der Waals surface area contributed by atoms with Crippen molar-refractivity contribution in [3.63, 3.8) is 0 Å². The molecule has 0 saturated carbocycles. The van der Waals surface area contributed by atoms with Crippen LogP contribution in [-0.4, -0.2) is 36.1 Å². The van der Waals surface area contributed by atoms with Crippen LogP contribution in [0.4, 0.5) is 0 Å². The summed E-state index contributed by atoms with van der Waals surface area (Å²) < 4.78 is 1.30. The Hall–Kier alpha value is -3.03. The number of para-hydroxylation sites is 1. The van der Waals surface area contributed by atoms with Crippen LogP contribution in [0, 0.1) is 0 Å². The summed E-state index contributed by atoms with van der Waals surface area (Å²) in [6.07, 6.45) is 0. The fourth-order valence-corrected chi connectivity index (χ4v) is 2.06. The molecular weight excluding hydrogens is 262 g/mol. The number of aromatic amines is 1. The number of hydrogen-bond donors (Lipinski definition) is 2. The van der Waals surface area contributed by atoms with E-state index in [4.69, 9.17) is 0 Å². The van der Waals surface area contributed by atoms with Crippen molar-refractivity contribution in [3.05, 3.63) is 46.0 Å². The molecule has 3 aromatic rings. The van der Waals surface area contributed by atoms with Gasteiger partial charge in [0.05, 0.1) is 5.52 Å². The predicted octanol–water partition coefficient (Wildman–Crippen LogP) is -0.0118. The summed E-state index contributed by atoms with van der Waals surface area (Å²) in [4.78, 5) is 24.4. The Kier molecular flexibility index (Phi) is 2.56. The smallest absolute Gasteiger partial charge is 0.265 e. The van der Waals surface area contributed by atoms with Crippen molar-refractivity contribution < 1.29 is 9.90 Å². The van der Waals surface area contributed by atoms with Crippen molar-refractivity contribution in [1.82, 2.24) is 25.2 Å². The Morgan fingerprint density at radius 2 is 2.10 bits per heavy atom. The highest BCUT2D eigenvalue weighted by Crippen LogP contribution is 2.26. The van der Waals surface area contributed by atoms with Crippen LogP contribution in [0.5, 0.6) is 5.75 Å². The summed E-state index contributed by atoms with van der Waals surface area (Å²) in [6.45, 7) is 0. The minimum atomic E-state index is -0.751. The maximum atomic E-state index is 12.2. The molecule has 1 aromatic carbocycles. The van der Waals surface area contributed by atoms with Crippen molar-refractivity contribution in [3.8, 4) is 5.75 Å². The lowest BCUT2D eigenvalue weighted by molar-refractivity contribution is 0.102. The first kappa shape index (κ1) is 12.0. The molecule has 0 bridgehead atoms. The zero-order chi connectivity index (χ0) is 14.3.